The van der Waals surface area contributed by atoms with E-state index in [0.717, 1.165) is 50.6 Å². The van der Waals surface area contributed by atoms with Crippen molar-refractivity contribution in [3.63, 3.8) is 0 Å². The number of aliphatic carboxylic acids is 1. The summed E-state index contributed by atoms with van der Waals surface area (Å²) >= 11 is 0. The number of carbonyl (C=O) groups excluding carboxylic acids is 1. The molecule has 0 spiro atoms. The minimum atomic E-state index is -0.944. The number of hydrogen-bond acceptors (Lipinski definition) is 5. The number of nitrogens with zero attached hydrogens (tertiary/aromatic N) is 2. The van der Waals surface area contributed by atoms with Crippen molar-refractivity contribution in [2.75, 3.05) is 44.7 Å². The van der Waals surface area contributed by atoms with Gasteiger partial charge in [-0.05, 0) is 24.1 Å². The normalized spacial score (nSPS) is 14.1. The zero-order valence-corrected chi connectivity index (χ0v) is 18.1. The fraction of sp³-hybridized carbons (Fsp3) is 0.391. The number of rotatable bonds is 9. The lowest BCUT2D eigenvalue weighted by Gasteiger charge is -2.36. The van der Waals surface area contributed by atoms with Gasteiger partial charge >= 0.3 is 5.97 Å². The van der Waals surface area contributed by atoms with Crippen molar-refractivity contribution in [3.8, 4) is 5.75 Å². The van der Waals surface area contributed by atoms with Crippen molar-refractivity contribution in [2.24, 2.45) is 0 Å². The first-order valence-corrected chi connectivity index (χ1v) is 10.0. The zero-order chi connectivity index (χ0) is 20.6. The lowest BCUT2D eigenvalue weighted by atomic mass is 10.0. The number of ether oxygens (including phenoxy) is 1. The molecule has 6 nitrogen and oxygen atoms in total. The molecule has 1 fully saturated rings. The highest BCUT2D eigenvalue weighted by molar-refractivity contribution is 5.97. The van der Waals surface area contributed by atoms with E-state index >= 15 is 0 Å². The number of carboxylic acid groups (broad SMARTS) is 1. The van der Waals surface area contributed by atoms with E-state index in [0.29, 0.717) is 5.56 Å². The summed E-state index contributed by atoms with van der Waals surface area (Å²) in [7, 11) is 1.71. The van der Waals surface area contributed by atoms with E-state index in [4.69, 9.17) is 9.84 Å². The minimum Gasteiger partial charge on any atom is -0.495 e. The Labute approximate surface area is 183 Å². The SMILES string of the molecule is COc1ccccc1N1CCN(CCc2ccc(C(=O)CCC(=O)O)cc2)CC1.Cl. The van der Waals surface area contributed by atoms with Gasteiger partial charge < -0.3 is 14.7 Å². The molecule has 1 heterocycles. The van der Waals surface area contributed by atoms with E-state index < -0.39 is 5.97 Å². The molecular formula is C23H29ClN2O4. The topological polar surface area (TPSA) is 70.1 Å². The maximum atomic E-state index is 12.0. The van der Waals surface area contributed by atoms with Gasteiger partial charge in [0.15, 0.2) is 5.78 Å². The molecule has 30 heavy (non-hydrogen) atoms. The Bertz CT molecular complexity index is 833. The van der Waals surface area contributed by atoms with Gasteiger partial charge in [-0.15, -0.1) is 12.4 Å². The summed E-state index contributed by atoms with van der Waals surface area (Å²) in [5, 5.41) is 8.69. The molecule has 1 aliphatic rings. The van der Waals surface area contributed by atoms with E-state index in [1.54, 1.807) is 19.2 Å². The number of benzene rings is 2. The first kappa shape index (κ1) is 23.7. The van der Waals surface area contributed by atoms with Crippen LogP contribution in [-0.2, 0) is 11.2 Å². The van der Waals surface area contributed by atoms with Crippen molar-refractivity contribution in [1.29, 1.82) is 0 Å². The smallest absolute Gasteiger partial charge is 0.303 e. The molecule has 3 rings (SSSR count). The Morgan fingerprint density at radius 2 is 1.63 bits per heavy atom. The van der Waals surface area contributed by atoms with E-state index in [1.165, 1.54) is 5.56 Å². The van der Waals surface area contributed by atoms with E-state index in [1.807, 2.05) is 30.3 Å². The fourth-order valence-corrected chi connectivity index (χ4v) is 3.61. The molecule has 0 unspecified atom stereocenters. The number of halogens is 1. The molecule has 0 amide bonds. The number of anilines is 1. The standard InChI is InChI=1S/C23H28N2O4.ClH/c1-29-22-5-3-2-4-20(22)25-16-14-24(15-17-25)13-12-18-6-8-19(9-7-18)21(26)10-11-23(27)28;/h2-9H,10-17H2,1H3,(H,27,28);1H. The average molecular weight is 433 g/mol. The largest absolute Gasteiger partial charge is 0.495 e. The Morgan fingerprint density at radius 1 is 0.967 bits per heavy atom. The quantitative estimate of drug-likeness (QED) is 0.611. The first-order chi connectivity index (χ1) is 14.1. The summed E-state index contributed by atoms with van der Waals surface area (Å²) in [6.07, 6.45) is 0.852. The molecule has 7 heteroatoms. The molecule has 1 aliphatic heterocycles. The second kappa shape index (κ2) is 11.6. The Hall–Kier alpha value is -2.57. The van der Waals surface area contributed by atoms with E-state index in [2.05, 4.69) is 15.9 Å². The van der Waals surface area contributed by atoms with Crippen LogP contribution in [-0.4, -0.2) is 61.6 Å². The number of carboxylic acids is 1. The number of Topliss-reactive ketones (excluding diaryl/α,β-unsaturated/α-hetero) is 1. The average Bonchev–Trinajstić information content (AvgIpc) is 2.76. The van der Waals surface area contributed by atoms with Crippen LogP contribution in [0.25, 0.3) is 0 Å². The van der Waals surface area contributed by atoms with Gasteiger partial charge in [0.25, 0.3) is 0 Å². The van der Waals surface area contributed by atoms with Crippen LogP contribution in [0, 0.1) is 0 Å². The third-order valence-corrected chi connectivity index (χ3v) is 5.36. The molecule has 0 saturated carbocycles. The van der Waals surface area contributed by atoms with Crippen LogP contribution in [0.3, 0.4) is 0 Å². The number of para-hydroxylation sites is 2. The highest BCUT2D eigenvalue weighted by Crippen LogP contribution is 2.28. The number of carbonyl (C=O) groups is 2. The van der Waals surface area contributed by atoms with Crippen molar-refractivity contribution >= 4 is 29.8 Å². The van der Waals surface area contributed by atoms with Gasteiger partial charge in [0, 0.05) is 44.7 Å². The van der Waals surface area contributed by atoms with Crippen LogP contribution in [0.15, 0.2) is 48.5 Å². The monoisotopic (exact) mass is 432 g/mol. The van der Waals surface area contributed by atoms with Crippen molar-refractivity contribution < 1.29 is 19.4 Å². The van der Waals surface area contributed by atoms with Crippen LogP contribution in [0.4, 0.5) is 5.69 Å². The van der Waals surface area contributed by atoms with E-state index in [9.17, 15) is 9.59 Å². The number of ketones is 1. The molecule has 1 N–H and O–H groups in total. The molecule has 162 valence electrons. The maximum Gasteiger partial charge on any atom is 0.303 e. The van der Waals surface area contributed by atoms with Gasteiger partial charge in [-0.2, -0.15) is 0 Å². The van der Waals surface area contributed by atoms with Crippen LogP contribution >= 0.6 is 12.4 Å². The summed E-state index contributed by atoms with van der Waals surface area (Å²) in [5.41, 5.74) is 2.92. The van der Waals surface area contributed by atoms with E-state index in [-0.39, 0.29) is 31.0 Å². The fourth-order valence-electron chi connectivity index (χ4n) is 3.61. The molecule has 0 atom stereocenters. The van der Waals surface area contributed by atoms with Crippen molar-refractivity contribution in [1.82, 2.24) is 4.90 Å². The van der Waals surface area contributed by atoms with Crippen LogP contribution in [0.1, 0.15) is 28.8 Å². The summed E-state index contributed by atoms with van der Waals surface area (Å²) in [5.74, 6) is -0.147. The summed E-state index contributed by atoms with van der Waals surface area (Å²) in [6, 6.07) is 15.7. The molecule has 2 aromatic rings. The Balaban J connectivity index is 0.00000320. The maximum absolute atomic E-state index is 12.0. The Kier molecular flexibility index (Phi) is 9.15. The van der Waals surface area contributed by atoms with Crippen molar-refractivity contribution in [2.45, 2.75) is 19.3 Å². The molecule has 0 aliphatic carbocycles. The predicted octanol–water partition coefficient (Wildman–Crippen LogP) is 3.53. The Morgan fingerprint density at radius 3 is 2.27 bits per heavy atom. The molecule has 2 aromatic carbocycles. The van der Waals surface area contributed by atoms with Gasteiger partial charge in [0.2, 0.25) is 0 Å². The summed E-state index contributed by atoms with van der Waals surface area (Å²) in [6.45, 7) is 4.93. The number of methoxy groups -OCH3 is 1. The molecular weight excluding hydrogens is 404 g/mol. The molecule has 1 saturated heterocycles. The summed E-state index contributed by atoms with van der Waals surface area (Å²) in [4.78, 5) is 27.4. The van der Waals surface area contributed by atoms with Gasteiger partial charge in [0.1, 0.15) is 5.75 Å². The van der Waals surface area contributed by atoms with Gasteiger partial charge in [-0.1, -0.05) is 36.4 Å². The highest BCUT2D eigenvalue weighted by atomic mass is 35.5. The first-order valence-electron chi connectivity index (χ1n) is 10.0. The number of piperazine rings is 1. The zero-order valence-electron chi connectivity index (χ0n) is 17.3. The lowest BCUT2D eigenvalue weighted by Crippen LogP contribution is -2.47. The van der Waals surface area contributed by atoms with Crippen molar-refractivity contribution in [3.05, 3.63) is 59.7 Å². The van der Waals surface area contributed by atoms with Gasteiger partial charge in [0.05, 0.1) is 19.2 Å². The third-order valence-electron chi connectivity index (χ3n) is 5.36. The predicted molar refractivity (Wildman–Crippen MR) is 120 cm³/mol. The van der Waals surface area contributed by atoms with Gasteiger partial charge in [-0.25, -0.2) is 0 Å². The highest BCUT2D eigenvalue weighted by Gasteiger charge is 2.19. The van der Waals surface area contributed by atoms with Crippen LogP contribution in [0.2, 0.25) is 0 Å². The van der Waals surface area contributed by atoms with Crippen LogP contribution in [0.5, 0.6) is 5.75 Å². The number of hydrogen-bond donors (Lipinski definition) is 1. The van der Waals surface area contributed by atoms with Gasteiger partial charge in [-0.3, -0.25) is 14.5 Å². The molecule has 0 bridgehead atoms. The second-order valence-electron chi connectivity index (χ2n) is 7.26. The lowest BCUT2D eigenvalue weighted by molar-refractivity contribution is -0.136. The molecule has 0 radical (unpaired) electrons. The third kappa shape index (κ3) is 6.47. The minimum absolute atomic E-state index is 0. The second-order valence-corrected chi connectivity index (χ2v) is 7.26. The molecule has 0 aromatic heterocycles. The van der Waals surface area contributed by atoms with Crippen LogP contribution < -0.4 is 9.64 Å². The summed E-state index contributed by atoms with van der Waals surface area (Å²) < 4.78 is 5.48.